The zero-order valence-corrected chi connectivity index (χ0v) is 13.6. The fourth-order valence-electron chi connectivity index (χ4n) is 3.44. The van der Waals surface area contributed by atoms with E-state index in [-0.39, 0.29) is 11.6 Å². The van der Waals surface area contributed by atoms with Gasteiger partial charge in [0.25, 0.3) is 0 Å². The first-order chi connectivity index (χ1) is 11.8. The number of methoxy groups -OCH3 is 1. The summed E-state index contributed by atoms with van der Waals surface area (Å²) in [5.74, 6) is 0.707. The van der Waals surface area contributed by atoms with Crippen LogP contribution in [0.5, 0.6) is 5.75 Å². The van der Waals surface area contributed by atoms with Crippen LogP contribution in [0, 0.1) is 5.82 Å². The molecule has 0 radical (unpaired) electrons. The summed E-state index contributed by atoms with van der Waals surface area (Å²) in [6, 6.07) is 11.4. The third-order valence-corrected chi connectivity index (χ3v) is 4.66. The number of halogens is 1. The van der Waals surface area contributed by atoms with Gasteiger partial charge in [-0.05, 0) is 37.1 Å². The molecule has 1 aromatic carbocycles. The van der Waals surface area contributed by atoms with Gasteiger partial charge in [0.1, 0.15) is 17.2 Å². The van der Waals surface area contributed by atoms with Crippen molar-refractivity contribution in [1.82, 2.24) is 9.38 Å². The summed E-state index contributed by atoms with van der Waals surface area (Å²) in [6.07, 6.45) is 6.70. The maximum atomic E-state index is 14.8. The van der Waals surface area contributed by atoms with Gasteiger partial charge in [-0.3, -0.25) is 4.40 Å². The van der Waals surface area contributed by atoms with E-state index < -0.39 is 0 Å². The second-order valence-corrected chi connectivity index (χ2v) is 6.19. The zero-order valence-electron chi connectivity index (χ0n) is 13.6. The van der Waals surface area contributed by atoms with Gasteiger partial charge in [-0.25, -0.2) is 9.37 Å². The molecule has 0 unspecified atom stereocenters. The van der Waals surface area contributed by atoms with Gasteiger partial charge in [0.2, 0.25) is 0 Å². The summed E-state index contributed by atoms with van der Waals surface area (Å²) in [5.41, 5.74) is 1.89. The van der Waals surface area contributed by atoms with Crippen LogP contribution in [0.1, 0.15) is 25.7 Å². The molecule has 0 spiro atoms. The van der Waals surface area contributed by atoms with Crippen molar-refractivity contribution in [3.63, 3.8) is 0 Å². The highest BCUT2D eigenvalue weighted by atomic mass is 19.1. The molecule has 0 atom stereocenters. The predicted molar refractivity (Wildman–Crippen MR) is 93.0 cm³/mol. The van der Waals surface area contributed by atoms with Crippen LogP contribution in [-0.4, -0.2) is 22.5 Å². The number of fused-ring (bicyclic) bond motifs is 1. The second kappa shape index (κ2) is 6.15. The topological polar surface area (TPSA) is 38.6 Å². The molecule has 0 saturated heterocycles. The molecule has 1 N–H and O–H groups in total. The van der Waals surface area contributed by atoms with E-state index >= 15 is 0 Å². The molecule has 0 bridgehead atoms. The van der Waals surface area contributed by atoms with Gasteiger partial charge >= 0.3 is 0 Å². The third kappa shape index (κ3) is 2.50. The summed E-state index contributed by atoms with van der Waals surface area (Å²) in [6.45, 7) is 0. The highest BCUT2D eigenvalue weighted by Gasteiger charge is 2.22. The quantitative estimate of drug-likeness (QED) is 0.767. The van der Waals surface area contributed by atoms with Crippen molar-refractivity contribution in [2.75, 3.05) is 12.4 Å². The van der Waals surface area contributed by atoms with Gasteiger partial charge < -0.3 is 10.1 Å². The number of rotatable bonds is 4. The van der Waals surface area contributed by atoms with Gasteiger partial charge in [0, 0.05) is 17.8 Å². The summed E-state index contributed by atoms with van der Waals surface area (Å²) in [4.78, 5) is 4.67. The lowest BCUT2D eigenvalue weighted by Crippen LogP contribution is -2.16. The Morgan fingerprint density at radius 2 is 2.00 bits per heavy atom. The first-order valence-corrected chi connectivity index (χ1v) is 8.34. The molecule has 1 aliphatic rings. The molecular weight excluding hydrogens is 305 g/mol. The van der Waals surface area contributed by atoms with Gasteiger partial charge in [-0.15, -0.1) is 0 Å². The Hall–Kier alpha value is -2.56. The SMILES string of the molecule is COc1cccc(-c2nc3ccccn3c2NC2CCCC2)c1F. The van der Waals surface area contributed by atoms with E-state index in [2.05, 4.69) is 10.3 Å². The molecule has 1 saturated carbocycles. The average Bonchev–Trinajstić information content (AvgIpc) is 3.24. The third-order valence-electron chi connectivity index (χ3n) is 4.66. The summed E-state index contributed by atoms with van der Waals surface area (Å²) in [7, 11) is 1.48. The number of hydrogen-bond acceptors (Lipinski definition) is 3. The second-order valence-electron chi connectivity index (χ2n) is 6.19. The Labute approximate surface area is 140 Å². The lowest BCUT2D eigenvalue weighted by Gasteiger charge is -2.15. The van der Waals surface area contributed by atoms with Gasteiger partial charge in [-0.1, -0.05) is 25.0 Å². The molecule has 1 aliphatic carbocycles. The number of pyridine rings is 1. The number of ether oxygens (including phenoxy) is 1. The fourth-order valence-corrected chi connectivity index (χ4v) is 3.44. The molecule has 3 aromatic rings. The van der Waals surface area contributed by atoms with Crippen LogP contribution in [0.2, 0.25) is 0 Å². The van der Waals surface area contributed by atoms with Crippen LogP contribution in [-0.2, 0) is 0 Å². The minimum atomic E-state index is -0.377. The van der Waals surface area contributed by atoms with Gasteiger partial charge in [-0.2, -0.15) is 0 Å². The van der Waals surface area contributed by atoms with Crippen molar-refractivity contribution in [3.8, 4) is 17.0 Å². The largest absolute Gasteiger partial charge is 0.494 e. The van der Waals surface area contributed by atoms with Crippen LogP contribution >= 0.6 is 0 Å². The predicted octanol–water partition coefficient (Wildman–Crippen LogP) is 4.50. The Kier molecular flexibility index (Phi) is 3.84. The van der Waals surface area contributed by atoms with E-state index in [1.54, 1.807) is 18.2 Å². The number of aromatic nitrogens is 2. The molecule has 4 rings (SSSR count). The maximum absolute atomic E-state index is 14.8. The minimum absolute atomic E-state index is 0.233. The summed E-state index contributed by atoms with van der Waals surface area (Å²) < 4.78 is 21.9. The number of benzene rings is 1. The van der Waals surface area contributed by atoms with Crippen LogP contribution in [0.25, 0.3) is 16.9 Å². The van der Waals surface area contributed by atoms with Gasteiger partial charge in [0.15, 0.2) is 11.6 Å². The van der Waals surface area contributed by atoms with Crippen molar-refractivity contribution in [2.24, 2.45) is 0 Å². The smallest absolute Gasteiger partial charge is 0.174 e. The summed E-state index contributed by atoms with van der Waals surface area (Å²) >= 11 is 0. The van der Waals surface area contributed by atoms with E-state index in [0.29, 0.717) is 17.3 Å². The molecule has 124 valence electrons. The minimum Gasteiger partial charge on any atom is -0.494 e. The molecule has 0 amide bonds. The first-order valence-electron chi connectivity index (χ1n) is 8.34. The molecular formula is C19H20FN3O. The number of anilines is 1. The monoisotopic (exact) mass is 325 g/mol. The Morgan fingerprint density at radius 3 is 2.79 bits per heavy atom. The van der Waals surface area contributed by atoms with Crippen LogP contribution in [0.3, 0.4) is 0 Å². The molecule has 4 nitrogen and oxygen atoms in total. The highest BCUT2D eigenvalue weighted by molar-refractivity contribution is 5.78. The standard InChI is InChI=1S/C19H20FN3O/c1-24-15-10-6-9-14(17(15)20)18-19(21-13-7-2-3-8-13)23-12-5-4-11-16(23)22-18/h4-6,9-13,21H,2-3,7-8H2,1H3. The van der Waals surface area contributed by atoms with E-state index in [4.69, 9.17) is 4.74 Å². The first kappa shape index (κ1) is 15.0. The molecule has 24 heavy (non-hydrogen) atoms. The highest BCUT2D eigenvalue weighted by Crippen LogP contribution is 2.35. The molecule has 2 heterocycles. The normalized spacial score (nSPS) is 15.1. The van der Waals surface area contributed by atoms with Crippen LogP contribution < -0.4 is 10.1 Å². The molecule has 2 aromatic heterocycles. The fraction of sp³-hybridized carbons (Fsp3) is 0.316. The summed E-state index contributed by atoms with van der Waals surface area (Å²) in [5, 5.41) is 3.59. The van der Waals surface area contributed by atoms with Crippen molar-refractivity contribution >= 4 is 11.5 Å². The zero-order chi connectivity index (χ0) is 16.5. The van der Waals surface area contributed by atoms with E-state index in [0.717, 1.165) is 24.3 Å². The Bertz CT molecular complexity index is 868. The van der Waals surface area contributed by atoms with Crippen molar-refractivity contribution in [2.45, 2.75) is 31.7 Å². The van der Waals surface area contributed by atoms with Crippen molar-refractivity contribution < 1.29 is 9.13 Å². The van der Waals surface area contributed by atoms with Crippen LogP contribution in [0.15, 0.2) is 42.6 Å². The average molecular weight is 325 g/mol. The molecule has 1 fully saturated rings. The van der Waals surface area contributed by atoms with Crippen molar-refractivity contribution in [1.29, 1.82) is 0 Å². The lowest BCUT2D eigenvalue weighted by molar-refractivity contribution is 0.387. The number of nitrogens with one attached hydrogen (secondary N) is 1. The number of imidazole rings is 1. The van der Waals surface area contributed by atoms with Gasteiger partial charge in [0.05, 0.1) is 7.11 Å². The van der Waals surface area contributed by atoms with Crippen molar-refractivity contribution in [3.05, 3.63) is 48.4 Å². The Morgan fingerprint density at radius 1 is 1.17 bits per heavy atom. The lowest BCUT2D eigenvalue weighted by atomic mass is 10.1. The molecule has 0 aliphatic heterocycles. The van der Waals surface area contributed by atoms with E-state index in [9.17, 15) is 4.39 Å². The Balaban J connectivity index is 1.88. The number of hydrogen-bond donors (Lipinski definition) is 1. The maximum Gasteiger partial charge on any atom is 0.174 e. The molecule has 5 heteroatoms. The number of nitrogens with zero attached hydrogens (tertiary/aromatic N) is 2. The van der Waals surface area contributed by atoms with E-state index in [1.165, 1.54) is 20.0 Å². The van der Waals surface area contributed by atoms with Crippen LogP contribution in [0.4, 0.5) is 10.2 Å². The van der Waals surface area contributed by atoms with E-state index in [1.807, 2.05) is 28.8 Å².